The predicted molar refractivity (Wildman–Crippen MR) is 51.8 cm³/mol. The molecule has 1 aromatic carbocycles. The largest absolute Gasteiger partial charge is 0.508 e. The van der Waals surface area contributed by atoms with Gasteiger partial charge in [-0.3, -0.25) is 4.79 Å². The van der Waals surface area contributed by atoms with E-state index >= 15 is 0 Å². The molecule has 5 heteroatoms. The summed E-state index contributed by atoms with van der Waals surface area (Å²) in [7, 11) is 0. The van der Waals surface area contributed by atoms with Crippen molar-refractivity contribution in [2.75, 3.05) is 5.01 Å². The lowest BCUT2D eigenvalue weighted by Crippen LogP contribution is -2.19. The fraction of sp³-hybridized carbons (Fsp3) is 0.111. The predicted octanol–water partition coefficient (Wildman–Crippen LogP) is 0.401. The molecule has 0 aromatic heterocycles. The van der Waals surface area contributed by atoms with Gasteiger partial charge in [0.25, 0.3) is 5.91 Å². The Morgan fingerprint density at radius 1 is 1.50 bits per heavy atom. The van der Waals surface area contributed by atoms with E-state index in [9.17, 15) is 9.90 Å². The molecule has 1 aliphatic rings. The molecule has 0 aliphatic carbocycles. The summed E-state index contributed by atoms with van der Waals surface area (Å²) in [5.41, 5.74) is 5.94. The van der Waals surface area contributed by atoms with E-state index in [0.717, 1.165) is 0 Å². The standard InChI is InChI=1S/C9H9N3O2/c10-8-5-9(14)12(11-8)6-2-1-3-7(13)4-6/h1-4,13H,5H2,(H2,10,11). The highest BCUT2D eigenvalue weighted by molar-refractivity contribution is 6.11. The van der Waals surface area contributed by atoms with E-state index in [4.69, 9.17) is 5.73 Å². The van der Waals surface area contributed by atoms with Gasteiger partial charge >= 0.3 is 0 Å². The molecule has 0 saturated carbocycles. The molecule has 0 bridgehead atoms. The third-order valence-corrected chi connectivity index (χ3v) is 1.87. The van der Waals surface area contributed by atoms with E-state index in [1.54, 1.807) is 12.1 Å². The number of aromatic hydroxyl groups is 1. The van der Waals surface area contributed by atoms with Gasteiger partial charge in [-0.1, -0.05) is 6.07 Å². The molecule has 0 unspecified atom stereocenters. The number of phenolic OH excluding ortho intramolecular Hbond substituents is 1. The number of nitrogens with two attached hydrogens (primary N) is 1. The van der Waals surface area contributed by atoms with Gasteiger partial charge in [0.05, 0.1) is 12.1 Å². The maximum Gasteiger partial charge on any atom is 0.255 e. The summed E-state index contributed by atoms with van der Waals surface area (Å²) in [4.78, 5) is 11.3. The zero-order chi connectivity index (χ0) is 10.1. The minimum absolute atomic E-state index is 0.0935. The SMILES string of the molecule is NC1=NN(c2cccc(O)c2)C(=O)C1. The molecule has 14 heavy (non-hydrogen) atoms. The number of nitrogens with zero attached hydrogens (tertiary/aromatic N) is 2. The van der Waals surface area contributed by atoms with E-state index in [-0.39, 0.29) is 18.1 Å². The number of carbonyl (C=O) groups excluding carboxylic acids is 1. The number of hydrogen-bond donors (Lipinski definition) is 2. The number of anilines is 1. The van der Waals surface area contributed by atoms with Gasteiger partial charge in [-0.25, -0.2) is 0 Å². The van der Waals surface area contributed by atoms with Gasteiger partial charge in [0.1, 0.15) is 11.6 Å². The van der Waals surface area contributed by atoms with Gasteiger partial charge in [-0.15, -0.1) is 0 Å². The number of hydrazone groups is 1. The lowest BCUT2D eigenvalue weighted by Gasteiger charge is -2.10. The quantitative estimate of drug-likeness (QED) is 0.674. The van der Waals surface area contributed by atoms with Crippen LogP contribution in [0.3, 0.4) is 0 Å². The van der Waals surface area contributed by atoms with Crippen molar-refractivity contribution >= 4 is 17.4 Å². The topological polar surface area (TPSA) is 78.9 Å². The van der Waals surface area contributed by atoms with Crippen LogP contribution in [0.1, 0.15) is 6.42 Å². The van der Waals surface area contributed by atoms with Crippen molar-refractivity contribution in [2.24, 2.45) is 10.8 Å². The summed E-state index contributed by atoms with van der Waals surface area (Å²) in [5, 5.41) is 14.2. The van der Waals surface area contributed by atoms with Crippen molar-refractivity contribution in [3.05, 3.63) is 24.3 Å². The molecule has 2 rings (SSSR count). The number of phenols is 1. The van der Waals surface area contributed by atoms with E-state index in [0.29, 0.717) is 11.5 Å². The molecular formula is C9H9N3O2. The van der Waals surface area contributed by atoms with Crippen LogP contribution in [0.15, 0.2) is 29.4 Å². The van der Waals surface area contributed by atoms with Crippen LogP contribution in [0.25, 0.3) is 0 Å². The second-order valence-electron chi connectivity index (χ2n) is 2.99. The summed E-state index contributed by atoms with van der Waals surface area (Å²) < 4.78 is 0. The highest BCUT2D eigenvalue weighted by atomic mass is 16.3. The highest BCUT2D eigenvalue weighted by Gasteiger charge is 2.23. The zero-order valence-corrected chi connectivity index (χ0v) is 7.34. The lowest BCUT2D eigenvalue weighted by molar-refractivity contribution is -0.116. The minimum atomic E-state index is -0.187. The van der Waals surface area contributed by atoms with E-state index in [2.05, 4.69) is 5.10 Å². The van der Waals surface area contributed by atoms with Crippen LogP contribution in [-0.4, -0.2) is 16.8 Å². The molecule has 1 heterocycles. The first-order chi connectivity index (χ1) is 6.66. The molecule has 3 N–H and O–H groups in total. The molecule has 1 aliphatic heterocycles. The average Bonchev–Trinajstić information content (AvgIpc) is 2.45. The molecule has 5 nitrogen and oxygen atoms in total. The Bertz CT molecular complexity index is 414. The zero-order valence-electron chi connectivity index (χ0n) is 7.34. The fourth-order valence-corrected chi connectivity index (χ4v) is 1.28. The summed E-state index contributed by atoms with van der Waals surface area (Å²) in [5.74, 6) is 0.197. The lowest BCUT2D eigenvalue weighted by atomic mass is 10.3. The Labute approximate surface area is 80.4 Å². The minimum Gasteiger partial charge on any atom is -0.508 e. The maximum atomic E-state index is 11.3. The summed E-state index contributed by atoms with van der Waals surface area (Å²) in [6.45, 7) is 0. The molecular weight excluding hydrogens is 182 g/mol. The van der Waals surface area contributed by atoms with Crippen LogP contribution in [0.2, 0.25) is 0 Å². The number of amides is 1. The number of rotatable bonds is 1. The molecule has 0 saturated heterocycles. The van der Waals surface area contributed by atoms with Crippen LogP contribution in [0, 0.1) is 0 Å². The molecule has 0 spiro atoms. The Balaban J connectivity index is 2.36. The molecule has 1 aromatic rings. The Hall–Kier alpha value is -2.04. The van der Waals surface area contributed by atoms with Crippen LogP contribution in [-0.2, 0) is 4.79 Å². The fourth-order valence-electron chi connectivity index (χ4n) is 1.28. The van der Waals surface area contributed by atoms with Gasteiger partial charge in [-0.2, -0.15) is 10.1 Å². The van der Waals surface area contributed by atoms with Gasteiger partial charge in [0.15, 0.2) is 0 Å². The first-order valence-corrected chi connectivity index (χ1v) is 4.12. The smallest absolute Gasteiger partial charge is 0.255 e. The average molecular weight is 191 g/mol. The van der Waals surface area contributed by atoms with Crippen molar-refractivity contribution in [2.45, 2.75) is 6.42 Å². The van der Waals surface area contributed by atoms with Gasteiger partial charge in [0.2, 0.25) is 0 Å². The van der Waals surface area contributed by atoms with Crippen molar-refractivity contribution in [3.8, 4) is 5.75 Å². The number of carbonyl (C=O) groups is 1. The molecule has 0 fully saturated rings. The first-order valence-electron chi connectivity index (χ1n) is 4.12. The highest BCUT2D eigenvalue weighted by Crippen LogP contribution is 2.23. The number of amidine groups is 1. The molecule has 0 radical (unpaired) electrons. The van der Waals surface area contributed by atoms with Gasteiger partial charge in [0, 0.05) is 6.07 Å². The summed E-state index contributed by atoms with van der Waals surface area (Å²) >= 11 is 0. The summed E-state index contributed by atoms with van der Waals surface area (Å²) in [6, 6.07) is 6.30. The van der Waals surface area contributed by atoms with Gasteiger partial charge in [-0.05, 0) is 12.1 Å². The Kier molecular flexibility index (Phi) is 1.85. The molecule has 72 valence electrons. The Morgan fingerprint density at radius 2 is 2.29 bits per heavy atom. The van der Waals surface area contributed by atoms with E-state index in [1.165, 1.54) is 17.1 Å². The monoisotopic (exact) mass is 191 g/mol. The van der Waals surface area contributed by atoms with Crippen molar-refractivity contribution < 1.29 is 9.90 Å². The van der Waals surface area contributed by atoms with Crippen LogP contribution >= 0.6 is 0 Å². The summed E-state index contributed by atoms with van der Waals surface area (Å²) in [6.07, 6.45) is 0.135. The van der Waals surface area contributed by atoms with E-state index < -0.39 is 0 Å². The third-order valence-electron chi connectivity index (χ3n) is 1.87. The van der Waals surface area contributed by atoms with Crippen LogP contribution in [0.4, 0.5) is 5.69 Å². The maximum absolute atomic E-state index is 11.3. The molecule has 0 atom stereocenters. The van der Waals surface area contributed by atoms with Crippen LogP contribution < -0.4 is 10.7 Å². The number of benzene rings is 1. The molecule has 1 amide bonds. The van der Waals surface area contributed by atoms with Crippen molar-refractivity contribution in [1.29, 1.82) is 0 Å². The number of hydrogen-bond acceptors (Lipinski definition) is 4. The second kappa shape index (κ2) is 3.02. The normalized spacial score (nSPS) is 15.9. The van der Waals surface area contributed by atoms with Gasteiger partial charge < -0.3 is 10.8 Å². The van der Waals surface area contributed by atoms with E-state index in [1.807, 2.05) is 0 Å². The first kappa shape index (κ1) is 8.55. The van der Waals surface area contributed by atoms with Crippen LogP contribution in [0.5, 0.6) is 5.75 Å². The Morgan fingerprint density at radius 3 is 2.86 bits per heavy atom. The van der Waals surface area contributed by atoms with Crippen molar-refractivity contribution in [1.82, 2.24) is 0 Å². The van der Waals surface area contributed by atoms with Crippen molar-refractivity contribution in [3.63, 3.8) is 0 Å². The second-order valence-corrected chi connectivity index (χ2v) is 2.99. The third kappa shape index (κ3) is 1.39.